The molecule has 30 heavy (non-hydrogen) atoms. The number of benzene rings is 1. The van der Waals surface area contributed by atoms with Crippen LogP contribution in [0.5, 0.6) is 11.5 Å². The van der Waals surface area contributed by atoms with E-state index < -0.39 is 0 Å². The second-order valence-corrected chi connectivity index (χ2v) is 7.20. The van der Waals surface area contributed by atoms with E-state index in [1.807, 2.05) is 13.8 Å². The van der Waals surface area contributed by atoms with E-state index in [9.17, 15) is 4.79 Å². The third-order valence-corrected chi connectivity index (χ3v) is 5.02. The Morgan fingerprint density at radius 2 is 1.97 bits per heavy atom. The number of hydrogen-bond acceptors (Lipinski definition) is 6. The summed E-state index contributed by atoms with van der Waals surface area (Å²) in [5.41, 5.74) is 0.457. The van der Waals surface area contributed by atoms with E-state index in [0.29, 0.717) is 36.9 Å². The van der Waals surface area contributed by atoms with Crippen molar-refractivity contribution >= 4 is 11.9 Å². The summed E-state index contributed by atoms with van der Waals surface area (Å²) in [6.07, 6.45) is 2.01. The average Bonchev–Trinajstić information content (AvgIpc) is 3.22. The van der Waals surface area contributed by atoms with Crippen molar-refractivity contribution in [2.45, 2.75) is 46.6 Å². The minimum Gasteiger partial charge on any atom is -0.463 e. The van der Waals surface area contributed by atoms with Gasteiger partial charge < -0.3 is 23.8 Å². The van der Waals surface area contributed by atoms with Crippen LogP contribution in [0.1, 0.15) is 50.9 Å². The van der Waals surface area contributed by atoms with Crippen LogP contribution >= 0.6 is 0 Å². The maximum atomic E-state index is 12.7. The van der Waals surface area contributed by atoms with Crippen molar-refractivity contribution in [1.82, 2.24) is 5.32 Å². The number of carbonyl (C=O) groups excluding carboxylic acids is 1. The van der Waals surface area contributed by atoms with Gasteiger partial charge in [-0.1, -0.05) is 0 Å². The third-order valence-electron chi connectivity index (χ3n) is 5.02. The molecule has 2 rings (SSSR count). The second kappa shape index (κ2) is 13.1. The Morgan fingerprint density at radius 3 is 2.70 bits per heavy atom. The number of nitrogens with one attached hydrogen (secondary N) is 2. The van der Waals surface area contributed by atoms with Gasteiger partial charge >= 0.3 is 0 Å². The summed E-state index contributed by atoms with van der Waals surface area (Å²) in [4.78, 5) is 18.9. The average molecular weight is 423 g/mol. The maximum absolute atomic E-state index is 12.7. The highest BCUT2D eigenvalue weighted by Gasteiger charge is 2.18. The van der Waals surface area contributed by atoms with Gasteiger partial charge in [0.05, 0.1) is 32.3 Å². The van der Waals surface area contributed by atoms with Crippen LogP contribution in [0.4, 0.5) is 0 Å². The first-order valence-corrected chi connectivity index (χ1v) is 10.9. The largest absolute Gasteiger partial charge is 0.463 e. The molecule has 8 nitrogen and oxygen atoms in total. The molecule has 1 aliphatic rings. The number of nitrogens with zero attached hydrogens (tertiary/aromatic N) is 1. The highest BCUT2D eigenvalue weighted by molar-refractivity contribution is 6.04. The SMILES string of the molecule is CCOCCOC(=N[C@H](C)CCC[NH+](CC)CC)NC(=O)c1ccc2c(c1)OCO2. The highest BCUT2D eigenvalue weighted by Crippen LogP contribution is 2.32. The number of fused-ring (bicyclic) bond motifs is 1. The summed E-state index contributed by atoms with van der Waals surface area (Å²) in [6, 6.07) is 5.34. The minimum atomic E-state index is -0.303. The van der Waals surface area contributed by atoms with Crippen molar-refractivity contribution in [2.75, 3.05) is 46.2 Å². The molecule has 1 aliphatic heterocycles. The molecular formula is C22H36N3O5+. The number of rotatable bonds is 12. The molecule has 1 atom stereocenters. The van der Waals surface area contributed by atoms with E-state index in [2.05, 4.69) is 24.2 Å². The van der Waals surface area contributed by atoms with Crippen molar-refractivity contribution in [3.05, 3.63) is 23.8 Å². The van der Waals surface area contributed by atoms with Gasteiger partial charge in [0, 0.05) is 12.2 Å². The molecule has 0 spiro atoms. The fourth-order valence-corrected chi connectivity index (χ4v) is 3.17. The number of hydrogen-bond donors (Lipinski definition) is 2. The van der Waals surface area contributed by atoms with Gasteiger partial charge in [-0.2, -0.15) is 0 Å². The van der Waals surface area contributed by atoms with E-state index in [4.69, 9.17) is 18.9 Å². The summed E-state index contributed by atoms with van der Waals surface area (Å²) in [7, 11) is 0. The second-order valence-electron chi connectivity index (χ2n) is 7.20. The highest BCUT2D eigenvalue weighted by atomic mass is 16.7. The molecule has 1 heterocycles. The molecule has 1 aromatic carbocycles. The van der Waals surface area contributed by atoms with Gasteiger partial charge in [0.2, 0.25) is 6.79 Å². The molecule has 0 fully saturated rings. The van der Waals surface area contributed by atoms with Crippen LogP contribution in [-0.2, 0) is 9.47 Å². The van der Waals surface area contributed by atoms with Crippen molar-refractivity contribution < 1.29 is 28.6 Å². The van der Waals surface area contributed by atoms with Gasteiger partial charge in [0.15, 0.2) is 11.5 Å². The van der Waals surface area contributed by atoms with Crippen molar-refractivity contribution in [1.29, 1.82) is 0 Å². The lowest BCUT2D eigenvalue weighted by atomic mass is 10.2. The van der Waals surface area contributed by atoms with Crippen LogP contribution in [0.25, 0.3) is 0 Å². The quantitative estimate of drug-likeness (QED) is 0.304. The molecule has 168 valence electrons. The Kier molecular flexibility index (Phi) is 10.4. The Balaban J connectivity index is 1.96. The standard InChI is InChI=1S/C22H35N3O5/c1-5-25(6-2)12-8-9-17(4)23-22(28-14-13-27-7-3)24-21(26)18-10-11-19-20(15-18)30-16-29-19/h10-11,15,17H,5-9,12-14,16H2,1-4H3,(H,23,24,26)/p+1/t17-/m1/s1. The molecule has 0 aliphatic carbocycles. The predicted molar refractivity (Wildman–Crippen MR) is 116 cm³/mol. The van der Waals surface area contributed by atoms with Gasteiger partial charge in [-0.15, -0.1) is 0 Å². The van der Waals surface area contributed by atoms with E-state index in [1.54, 1.807) is 23.1 Å². The Morgan fingerprint density at radius 1 is 1.20 bits per heavy atom. The molecule has 1 amide bonds. The maximum Gasteiger partial charge on any atom is 0.292 e. The fraction of sp³-hybridized carbons (Fsp3) is 0.636. The van der Waals surface area contributed by atoms with Gasteiger partial charge in [-0.05, 0) is 58.7 Å². The number of amides is 1. The van der Waals surface area contributed by atoms with E-state index >= 15 is 0 Å². The first-order valence-electron chi connectivity index (χ1n) is 10.9. The van der Waals surface area contributed by atoms with Crippen LogP contribution in [0.3, 0.4) is 0 Å². The fourth-order valence-electron chi connectivity index (χ4n) is 3.17. The summed E-state index contributed by atoms with van der Waals surface area (Å²) in [5.74, 6) is 0.895. The Labute approximate surface area is 179 Å². The summed E-state index contributed by atoms with van der Waals surface area (Å²) < 4.78 is 21.7. The topological polar surface area (TPSA) is 82.8 Å². The molecular weight excluding hydrogens is 386 g/mol. The lowest BCUT2D eigenvalue weighted by Crippen LogP contribution is -3.11. The summed E-state index contributed by atoms with van der Waals surface area (Å²) in [6.45, 7) is 13.3. The van der Waals surface area contributed by atoms with Crippen LogP contribution < -0.4 is 19.7 Å². The van der Waals surface area contributed by atoms with E-state index in [0.717, 1.165) is 32.5 Å². The molecule has 1 aromatic rings. The first kappa shape index (κ1) is 24.0. The normalized spacial score (nSPS) is 14.1. The minimum absolute atomic E-state index is 0.0408. The number of ether oxygens (including phenoxy) is 4. The summed E-state index contributed by atoms with van der Waals surface area (Å²) in [5, 5.41) is 2.79. The smallest absolute Gasteiger partial charge is 0.292 e. The molecule has 0 unspecified atom stereocenters. The molecule has 0 aromatic heterocycles. The molecule has 2 N–H and O–H groups in total. The van der Waals surface area contributed by atoms with Crippen LogP contribution in [0.15, 0.2) is 23.2 Å². The molecule has 0 radical (unpaired) electrons. The first-order chi connectivity index (χ1) is 14.6. The zero-order valence-corrected chi connectivity index (χ0v) is 18.7. The van der Waals surface area contributed by atoms with Gasteiger partial charge in [0.1, 0.15) is 6.61 Å². The molecule has 0 saturated heterocycles. The van der Waals surface area contributed by atoms with Crippen molar-refractivity contribution in [2.24, 2.45) is 4.99 Å². The van der Waals surface area contributed by atoms with Crippen LogP contribution in [0.2, 0.25) is 0 Å². The van der Waals surface area contributed by atoms with E-state index in [-0.39, 0.29) is 24.8 Å². The van der Waals surface area contributed by atoms with Gasteiger partial charge in [-0.3, -0.25) is 10.1 Å². The van der Waals surface area contributed by atoms with Crippen LogP contribution in [0, 0.1) is 0 Å². The molecule has 0 bridgehead atoms. The molecule has 8 heteroatoms. The van der Waals surface area contributed by atoms with E-state index in [1.165, 1.54) is 0 Å². The van der Waals surface area contributed by atoms with Crippen molar-refractivity contribution in [3.8, 4) is 11.5 Å². The summed E-state index contributed by atoms with van der Waals surface area (Å²) >= 11 is 0. The zero-order chi connectivity index (χ0) is 21.8. The third kappa shape index (κ3) is 7.84. The number of amidine groups is 1. The number of aliphatic imine (C=N–C) groups is 1. The Bertz CT molecular complexity index is 691. The number of quaternary nitrogens is 1. The lowest BCUT2D eigenvalue weighted by Gasteiger charge is -2.17. The lowest BCUT2D eigenvalue weighted by molar-refractivity contribution is -0.896. The van der Waals surface area contributed by atoms with Crippen molar-refractivity contribution in [3.63, 3.8) is 0 Å². The van der Waals surface area contributed by atoms with Gasteiger partial charge in [-0.25, -0.2) is 4.99 Å². The monoisotopic (exact) mass is 422 g/mol. The molecule has 0 saturated carbocycles. The predicted octanol–water partition coefficient (Wildman–Crippen LogP) is 1.65. The van der Waals surface area contributed by atoms with Gasteiger partial charge in [0.25, 0.3) is 11.9 Å². The van der Waals surface area contributed by atoms with Crippen LogP contribution in [-0.4, -0.2) is 64.2 Å². The number of carbonyl (C=O) groups is 1. The Hall–Kier alpha value is -2.32. The zero-order valence-electron chi connectivity index (χ0n) is 18.7.